The fourth-order valence-electron chi connectivity index (χ4n) is 3.14. The molecule has 1 aromatic rings. The number of hydrogen-bond donors (Lipinski definition) is 1. The number of amides is 1. The molecular weight excluding hydrogens is 300 g/mol. The van der Waals surface area contributed by atoms with Gasteiger partial charge in [-0.15, -0.1) is 0 Å². The predicted molar refractivity (Wildman–Crippen MR) is 87.2 cm³/mol. The van der Waals surface area contributed by atoms with Gasteiger partial charge in [-0.05, 0) is 25.0 Å². The molecule has 1 aromatic carbocycles. The first-order chi connectivity index (χ1) is 11.0. The first kappa shape index (κ1) is 17.7. The lowest BCUT2D eigenvalue weighted by Crippen LogP contribution is -2.55. The van der Waals surface area contributed by atoms with E-state index >= 15 is 0 Å². The van der Waals surface area contributed by atoms with Gasteiger partial charge in [-0.2, -0.15) is 0 Å². The second kappa shape index (κ2) is 7.25. The highest BCUT2D eigenvalue weighted by atomic mass is 19.1. The summed E-state index contributed by atoms with van der Waals surface area (Å²) in [5.74, 6) is -0.826. The molecule has 0 unspecified atom stereocenters. The van der Waals surface area contributed by atoms with E-state index in [1.165, 1.54) is 6.07 Å². The maximum atomic E-state index is 13.9. The van der Waals surface area contributed by atoms with Crippen molar-refractivity contribution < 1.29 is 13.6 Å². The summed E-state index contributed by atoms with van der Waals surface area (Å²) in [5, 5.41) is 0. The van der Waals surface area contributed by atoms with Crippen molar-refractivity contribution in [3.63, 3.8) is 0 Å². The van der Waals surface area contributed by atoms with Gasteiger partial charge in [0.2, 0.25) is 5.91 Å². The van der Waals surface area contributed by atoms with Crippen LogP contribution in [0, 0.1) is 17.0 Å². The molecule has 0 saturated carbocycles. The quantitative estimate of drug-likeness (QED) is 0.904. The van der Waals surface area contributed by atoms with Crippen LogP contribution in [-0.4, -0.2) is 43.5 Å². The van der Waals surface area contributed by atoms with Gasteiger partial charge in [-0.25, -0.2) is 8.78 Å². The zero-order chi connectivity index (χ0) is 17.0. The molecule has 1 fully saturated rings. The topological polar surface area (TPSA) is 49.6 Å². The number of anilines is 1. The van der Waals surface area contributed by atoms with Crippen molar-refractivity contribution >= 4 is 11.6 Å². The van der Waals surface area contributed by atoms with Crippen molar-refractivity contribution in [1.29, 1.82) is 0 Å². The van der Waals surface area contributed by atoms with Crippen LogP contribution in [0.3, 0.4) is 0 Å². The Morgan fingerprint density at radius 1 is 1.17 bits per heavy atom. The fraction of sp³-hybridized carbons (Fsp3) is 0.588. The summed E-state index contributed by atoms with van der Waals surface area (Å²) in [6.45, 7) is 6.25. The van der Waals surface area contributed by atoms with Crippen LogP contribution in [0.5, 0.6) is 0 Å². The zero-order valence-electron chi connectivity index (χ0n) is 13.8. The monoisotopic (exact) mass is 325 g/mol. The van der Waals surface area contributed by atoms with Crippen LogP contribution in [0.15, 0.2) is 18.2 Å². The summed E-state index contributed by atoms with van der Waals surface area (Å²) in [6, 6.07) is 3.45. The predicted octanol–water partition coefficient (Wildman–Crippen LogP) is 2.38. The third-order valence-corrected chi connectivity index (χ3v) is 5.01. The molecule has 1 heterocycles. The zero-order valence-corrected chi connectivity index (χ0v) is 13.8. The van der Waals surface area contributed by atoms with Crippen LogP contribution in [0.1, 0.15) is 26.7 Å². The number of nitrogens with zero attached hydrogens (tertiary/aromatic N) is 2. The smallest absolute Gasteiger partial charge is 0.230 e. The highest BCUT2D eigenvalue weighted by Gasteiger charge is 2.38. The number of hydrogen-bond acceptors (Lipinski definition) is 3. The lowest BCUT2D eigenvalue weighted by Gasteiger charge is -2.41. The molecule has 1 amide bonds. The molecule has 0 bridgehead atoms. The summed E-state index contributed by atoms with van der Waals surface area (Å²) in [4.78, 5) is 16.4. The van der Waals surface area contributed by atoms with E-state index < -0.39 is 17.0 Å². The first-order valence-electron chi connectivity index (χ1n) is 8.17. The summed E-state index contributed by atoms with van der Waals surface area (Å²) in [7, 11) is 0. The Morgan fingerprint density at radius 3 is 2.30 bits per heavy atom. The molecule has 0 aliphatic carbocycles. The molecule has 0 radical (unpaired) electrons. The van der Waals surface area contributed by atoms with Crippen LogP contribution in [0.25, 0.3) is 0 Å². The van der Waals surface area contributed by atoms with Crippen molar-refractivity contribution in [1.82, 2.24) is 4.90 Å². The second-order valence-corrected chi connectivity index (χ2v) is 6.07. The minimum atomic E-state index is -0.508. The minimum Gasteiger partial charge on any atom is -0.366 e. The van der Waals surface area contributed by atoms with E-state index in [0.29, 0.717) is 45.6 Å². The maximum absolute atomic E-state index is 13.9. The molecule has 0 aromatic heterocycles. The molecule has 23 heavy (non-hydrogen) atoms. The van der Waals surface area contributed by atoms with E-state index in [2.05, 4.69) is 0 Å². The first-order valence-corrected chi connectivity index (χ1v) is 8.17. The summed E-state index contributed by atoms with van der Waals surface area (Å²) >= 11 is 0. The Hall–Kier alpha value is -1.69. The van der Waals surface area contributed by atoms with Crippen LogP contribution in [0.2, 0.25) is 0 Å². The minimum absolute atomic E-state index is 0.0735. The molecule has 1 saturated heterocycles. The van der Waals surface area contributed by atoms with Crippen LogP contribution >= 0.6 is 0 Å². The number of halogens is 2. The van der Waals surface area contributed by atoms with Gasteiger partial charge in [0.05, 0.1) is 11.1 Å². The Labute approximate surface area is 136 Å². The van der Waals surface area contributed by atoms with Crippen LogP contribution in [-0.2, 0) is 4.79 Å². The molecule has 2 rings (SSSR count). The number of rotatable bonds is 5. The van der Waals surface area contributed by atoms with Crippen molar-refractivity contribution in [3.05, 3.63) is 29.8 Å². The van der Waals surface area contributed by atoms with Crippen molar-refractivity contribution in [2.75, 3.05) is 37.6 Å². The van der Waals surface area contributed by atoms with Gasteiger partial charge >= 0.3 is 0 Å². The van der Waals surface area contributed by atoms with Crippen molar-refractivity contribution in [2.24, 2.45) is 11.1 Å². The van der Waals surface area contributed by atoms with Gasteiger partial charge in [0.25, 0.3) is 0 Å². The van der Waals surface area contributed by atoms with Gasteiger partial charge in [-0.3, -0.25) is 4.79 Å². The Morgan fingerprint density at radius 2 is 1.78 bits per heavy atom. The van der Waals surface area contributed by atoms with E-state index in [1.807, 2.05) is 13.8 Å². The highest BCUT2D eigenvalue weighted by Crippen LogP contribution is 2.29. The lowest BCUT2D eigenvalue weighted by molar-refractivity contribution is -0.142. The third-order valence-electron chi connectivity index (χ3n) is 5.01. The summed E-state index contributed by atoms with van der Waals surface area (Å²) in [5.41, 5.74) is 5.59. The maximum Gasteiger partial charge on any atom is 0.230 e. The van der Waals surface area contributed by atoms with Gasteiger partial charge in [0.15, 0.2) is 0 Å². The normalized spacial score (nSPS) is 15.9. The number of benzene rings is 1. The summed E-state index contributed by atoms with van der Waals surface area (Å²) in [6.07, 6.45) is 1.41. The Kier molecular flexibility index (Phi) is 5.57. The van der Waals surface area contributed by atoms with Crippen molar-refractivity contribution in [3.8, 4) is 0 Å². The Bertz CT molecular complexity index is 545. The van der Waals surface area contributed by atoms with E-state index in [0.717, 1.165) is 12.1 Å². The number of nitrogens with two attached hydrogens (primary N) is 1. The molecule has 6 heteroatoms. The molecule has 0 atom stereocenters. The molecule has 128 valence electrons. The molecule has 1 aliphatic heterocycles. The number of piperazine rings is 1. The van der Waals surface area contributed by atoms with Crippen molar-refractivity contribution in [2.45, 2.75) is 26.7 Å². The van der Waals surface area contributed by atoms with Gasteiger partial charge in [0.1, 0.15) is 11.6 Å². The molecule has 0 spiro atoms. The average molecular weight is 325 g/mol. The highest BCUT2D eigenvalue weighted by molar-refractivity contribution is 5.83. The molecule has 1 aliphatic rings. The third kappa shape index (κ3) is 3.47. The fourth-order valence-corrected chi connectivity index (χ4v) is 3.14. The van der Waals surface area contributed by atoms with Gasteiger partial charge < -0.3 is 15.5 Å². The summed E-state index contributed by atoms with van der Waals surface area (Å²) < 4.78 is 27.2. The standard InChI is InChI=1S/C17H25F2N3O/c1-3-17(4-2,12-20)16(23)22-9-7-21(8-10-22)15-11-13(18)5-6-14(15)19/h5-6,11H,3-4,7-10,12,20H2,1-2H3. The average Bonchev–Trinajstić information content (AvgIpc) is 2.59. The van der Waals surface area contributed by atoms with Crippen LogP contribution < -0.4 is 10.6 Å². The van der Waals surface area contributed by atoms with E-state index in [-0.39, 0.29) is 11.6 Å². The number of carbonyl (C=O) groups excluding carboxylic acids is 1. The lowest BCUT2D eigenvalue weighted by atomic mass is 9.81. The van der Waals surface area contributed by atoms with Crippen LogP contribution in [0.4, 0.5) is 14.5 Å². The Balaban J connectivity index is 2.06. The SMILES string of the molecule is CCC(CC)(CN)C(=O)N1CCN(c2cc(F)ccc2F)CC1. The second-order valence-electron chi connectivity index (χ2n) is 6.07. The van der Waals surface area contributed by atoms with Gasteiger partial charge in [-0.1, -0.05) is 13.8 Å². The van der Waals surface area contributed by atoms with Gasteiger partial charge in [0, 0.05) is 38.8 Å². The molecule has 4 nitrogen and oxygen atoms in total. The van der Waals surface area contributed by atoms with E-state index in [9.17, 15) is 13.6 Å². The number of carbonyl (C=O) groups is 1. The largest absolute Gasteiger partial charge is 0.366 e. The molecular formula is C17H25F2N3O. The van der Waals surface area contributed by atoms with E-state index in [1.54, 1.807) is 9.80 Å². The molecule has 2 N–H and O–H groups in total. The van der Waals surface area contributed by atoms with E-state index in [4.69, 9.17) is 5.73 Å².